The van der Waals surface area contributed by atoms with Gasteiger partial charge in [0.2, 0.25) is 11.4 Å². The largest absolute Gasteiger partial charge is 0.478 e. The summed E-state index contributed by atoms with van der Waals surface area (Å²) in [6, 6.07) is 12.9. The number of aliphatic hydroxyl groups is 1. The van der Waals surface area contributed by atoms with E-state index in [1.807, 2.05) is 6.08 Å². The molecule has 0 radical (unpaired) electrons. The number of carbonyl (C=O) groups excluding carboxylic acids is 2. The molecule has 0 saturated heterocycles. The number of aromatic amines is 1. The molecule has 2 saturated carbocycles. The number of benzene rings is 2. The van der Waals surface area contributed by atoms with E-state index in [1.54, 1.807) is 42.5 Å². The normalized spacial score (nSPS) is 15.8. The Bertz CT molecular complexity index is 2080. The van der Waals surface area contributed by atoms with Crippen LogP contribution in [0.2, 0.25) is 0 Å². The zero-order valence-electron chi connectivity index (χ0n) is 31.3. The SMILES string of the molecule is C=CC1(c2cc(C(=O)OCCCCCCOc3cc(-c4ccc(C(=O)OC)cc4C4(CO)CCCC4)c(F)cn3)ccc2-c2cc(=O)[nH]cc2F)CCCC1. The Labute approximate surface area is 319 Å². The van der Waals surface area contributed by atoms with Gasteiger partial charge in [0.15, 0.2) is 0 Å². The van der Waals surface area contributed by atoms with Crippen molar-refractivity contribution in [3.8, 4) is 28.1 Å². The Balaban J connectivity index is 1.03. The summed E-state index contributed by atoms with van der Waals surface area (Å²) in [6.45, 7) is 4.53. The Morgan fingerprint density at radius 1 is 0.818 bits per heavy atom. The second kappa shape index (κ2) is 17.5. The number of methoxy groups -OCH3 is 1. The maximum Gasteiger partial charge on any atom is 0.338 e. The maximum atomic E-state index is 15.3. The predicted octanol–water partition coefficient (Wildman–Crippen LogP) is 8.77. The number of unbranched alkanes of at least 4 members (excludes halogenated alkanes) is 3. The Kier molecular flexibility index (Phi) is 12.6. The molecule has 4 aromatic rings. The summed E-state index contributed by atoms with van der Waals surface area (Å²) >= 11 is 0. The summed E-state index contributed by atoms with van der Waals surface area (Å²) in [6.07, 6.45) is 13.8. The van der Waals surface area contributed by atoms with Crippen LogP contribution in [-0.4, -0.2) is 53.9 Å². The van der Waals surface area contributed by atoms with Crippen molar-refractivity contribution < 1.29 is 37.7 Å². The van der Waals surface area contributed by atoms with E-state index in [1.165, 1.54) is 13.2 Å². The molecule has 9 nitrogen and oxygen atoms in total. The van der Waals surface area contributed by atoms with Crippen LogP contribution in [-0.2, 0) is 20.3 Å². The lowest BCUT2D eigenvalue weighted by Crippen LogP contribution is -2.28. The average Bonchev–Trinajstić information content (AvgIpc) is 3.91. The van der Waals surface area contributed by atoms with Gasteiger partial charge in [0, 0.05) is 40.3 Å². The molecule has 6 rings (SSSR count). The molecule has 0 bridgehead atoms. The number of halogens is 2. The molecular weight excluding hydrogens is 706 g/mol. The zero-order chi connectivity index (χ0) is 39.0. The smallest absolute Gasteiger partial charge is 0.338 e. The number of nitrogens with zero attached hydrogens (tertiary/aromatic N) is 1. The molecule has 290 valence electrons. The number of hydrogen-bond donors (Lipinski definition) is 2. The van der Waals surface area contributed by atoms with Crippen LogP contribution in [0.1, 0.15) is 109 Å². The quantitative estimate of drug-likeness (QED) is 0.0661. The van der Waals surface area contributed by atoms with Gasteiger partial charge in [0.05, 0.1) is 44.3 Å². The number of pyridine rings is 2. The highest BCUT2D eigenvalue weighted by atomic mass is 19.1. The molecule has 2 N–H and O–H groups in total. The lowest BCUT2D eigenvalue weighted by Gasteiger charge is -2.30. The van der Waals surface area contributed by atoms with Crippen molar-refractivity contribution in [1.82, 2.24) is 9.97 Å². The van der Waals surface area contributed by atoms with Crippen LogP contribution in [0, 0.1) is 11.6 Å². The molecule has 55 heavy (non-hydrogen) atoms. The van der Waals surface area contributed by atoms with Crippen LogP contribution in [0.3, 0.4) is 0 Å². The van der Waals surface area contributed by atoms with E-state index in [2.05, 4.69) is 16.5 Å². The third-order valence-electron chi connectivity index (χ3n) is 11.4. The van der Waals surface area contributed by atoms with Gasteiger partial charge in [-0.1, -0.05) is 43.9 Å². The summed E-state index contributed by atoms with van der Waals surface area (Å²) in [4.78, 5) is 44.1. The van der Waals surface area contributed by atoms with Gasteiger partial charge in [0.25, 0.3) is 0 Å². The van der Waals surface area contributed by atoms with Gasteiger partial charge in [-0.05, 0) is 97.9 Å². The van der Waals surface area contributed by atoms with Crippen molar-refractivity contribution in [2.75, 3.05) is 26.9 Å². The minimum atomic E-state index is -0.590. The molecule has 2 aromatic heterocycles. The first-order valence-electron chi connectivity index (χ1n) is 19.1. The molecule has 0 unspecified atom stereocenters. The van der Waals surface area contributed by atoms with Crippen molar-refractivity contribution in [3.05, 3.63) is 118 Å². The molecule has 0 atom stereocenters. The first kappa shape index (κ1) is 39.5. The van der Waals surface area contributed by atoms with E-state index in [4.69, 9.17) is 14.2 Å². The summed E-state index contributed by atoms with van der Waals surface area (Å²) < 4.78 is 46.7. The van der Waals surface area contributed by atoms with Crippen molar-refractivity contribution in [2.24, 2.45) is 0 Å². The first-order valence-corrected chi connectivity index (χ1v) is 19.1. The Morgan fingerprint density at radius 3 is 2.11 bits per heavy atom. The van der Waals surface area contributed by atoms with Crippen LogP contribution in [0.25, 0.3) is 22.3 Å². The van der Waals surface area contributed by atoms with Crippen LogP contribution in [0.15, 0.2) is 78.4 Å². The number of hydrogen-bond acceptors (Lipinski definition) is 8. The number of allylic oxidation sites excluding steroid dienone is 1. The van der Waals surface area contributed by atoms with Gasteiger partial charge >= 0.3 is 11.9 Å². The topological polar surface area (TPSA) is 128 Å². The third-order valence-corrected chi connectivity index (χ3v) is 11.4. The average molecular weight is 755 g/mol. The number of nitrogens with one attached hydrogen (secondary N) is 1. The van der Waals surface area contributed by atoms with Gasteiger partial charge in [-0.25, -0.2) is 23.4 Å². The molecule has 2 heterocycles. The van der Waals surface area contributed by atoms with E-state index in [0.29, 0.717) is 47.3 Å². The molecule has 2 aromatic carbocycles. The minimum absolute atomic E-state index is 0.120. The van der Waals surface area contributed by atoms with E-state index < -0.39 is 40.0 Å². The second-order valence-corrected chi connectivity index (χ2v) is 14.7. The van der Waals surface area contributed by atoms with Crippen LogP contribution < -0.4 is 10.3 Å². The number of H-pyrrole nitrogens is 1. The first-order chi connectivity index (χ1) is 26.6. The highest BCUT2D eigenvalue weighted by molar-refractivity contribution is 5.92. The van der Waals surface area contributed by atoms with Crippen molar-refractivity contribution >= 4 is 11.9 Å². The van der Waals surface area contributed by atoms with E-state index in [0.717, 1.165) is 82.2 Å². The molecular formula is C44H48F2N2O7. The highest BCUT2D eigenvalue weighted by Crippen LogP contribution is 2.47. The van der Waals surface area contributed by atoms with Crippen LogP contribution in [0.4, 0.5) is 8.78 Å². The molecule has 2 aliphatic rings. The summed E-state index contributed by atoms with van der Waals surface area (Å²) in [5.74, 6) is -1.79. The van der Waals surface area contributed by atoms with Crippen LogP contribution in [0.5, 0.6) is 5.88 Å². The molecule has 11 heteroatoms. The fourth-order valence-corrected chi connectivity index (χ4v) is 8.28. The molecule has 0 spiro atoms. The Morgan fingerprint density at radius 2 is 1.44 bits per heavy atom. The number of ether oxygens (including phenoxy) is 3. The van der Waals surface area contributed by atoms with Gasteiger partial charge in [-0.2, -0.15) is 0 Å². The molecule has 0 amide bonds. The number of aliphatic hydroxyl groups excluding tert-OH is 1. The summed E-state index contributed by atoms with van der Waals surface area (Å²) in [5.41, 5.74) is 2.34. The maximum absolute atomic E-state index is 15.3. The highest BCUT2D eigenvalue weighted by Gasteiger charge is 2.38. The second-order valence-electron chi connectivity index (χ2n) is 14.7. The van der Waals surface area contributed by atoms with Gasteiger partial charge < -0.3 is 24.3 Å². The number of rotatable bonds is 16. The van der Waals surface area contributed by atoms with E-state index in [-0.39, 0.29) is 30.2 Å². The van der Waals surface area contributed by atoms with Crippen molar-refractivity contribution in [1.29, 1.82) is 0 Å². The van der Waals surface area contributed by atoms with E-state index in [9.17, 15) is 23.9 Å². The van der Waals surface area contributed by atoms with Crippen molar-refractivity contribution in [3.63, 3.8) is 0 Å². The Hall–Kier alpha value is -5.16. The van der Waals surface area contributed by atoms with Crippen LogP contribution >= 0.6 is 0 Å². The molecule has 2 aliphatic carbocycles. The summed E-state index contributed by atoms with van der Waals surface area (Å²) in [5, 5.41) is 10.5. The fraction of sp³-hybridized carbons (Fsp3) is 0.409. The molecule has 0 aliphatic heterocycles. The lowest BCUT2D eigenvalue weighted by molar-refractivity contribution is 0.0496. The molecule has 2 fully saturated rings. The minimum Gasteiger partial charge on any atom is -0.478 e. The number of aromatic nitrogens is 2. The third kappa shape index (κ3) is 8.57. The zero-order valence-corrected chi connectivity index (χ0v) is 31.3. The predicted molar refractivity (Wildman–Crippen MR) is 205 cm³/mol. The number of esters is 2. The van der Waals surface area contributed by atoms with E-state index >= 15 is 4.39 Å². The van der Waals surface area contributed by atoms with Gasteiger partial charge in [0.1, 0.15) is 11.6 Å². The van der Waals surface area contributed by atoms with Gasteiger partial charge in [-0.15, -0.1) is 6.58 Å². The van der Waals surface area contributed by atoms with Gasteiger partial charge in [-0.3, -0.25) is 4.79 Å². The summed E-state index contributed by atoms with van der Waals surface area (Å²) in [7, 11) is 1.31. The lowest BCUT2D eigenvalue weighted by atomic mass is 9.75. The standard InChI is InChI=1S/C44H48F2N2O7/c1-3-43(16-6-7-17-43)35-23-30(13-15-31(35)33-24-39(50)47-26-37(33)45)42(52)55-21-11-5-4-10-20-54-40-25-34(38(46)27-48-40)32-14-12-29(41(51)53-2)22-36(32)44(28-49)18-8-9-19-44/h3,12-15,22-27,49H,1,4-11,16-21,28H2,2H3,(H,47,50). The monoisotopic (exact) mass is 754 g/mol. The fourth-order valence-electron chi connectivity index (χ4n) is 8.28. The number of carbonyl (C=O) groups is 2. The van der Waals surface area contributed by atoms with Crippen molar-refractivity contribution in [2.45, 2.75) is 87.9 Å².